The van der Waals surface area contributed by atoms with Crippen molar-refractivity contribution in [2.24, 2.45) is 0 Å². The zero-order valence-corrected chi connectivity index (χ0v) is 17.3. The molecule has 8 heteroatoms. The Morgan fingerprint density at radius 1 is 1.00 bits per heavy atom. The summed E-state index contributed by atoms with van der Waals surface area (Å²) in [5.41, 5.74) is 4.59. The number of aryl methyl sites for hydroxylation is 1. The van der Waals surface area contributed by atoms with E-state index >= 15 is 0 Å². The molecule has 1 amide bonds. The molecule has 0 unspecified atom stereocenters. The fourth-order valence-corrected chi connectivity index (χ4v) is 3.11. The first-order chi connectivity index (χ1) is 14.8. The molecule has 31 heavy (non-hydrogen) atoms. The largest absolute Gasteiger partial charge is 0.504 e. The van der Waals surface area contributed by atoms with Crippen LogP contribution in [0, 0.1) is 13.8 Å². The Labute approximate surface area is 179 Å². The van der Waals surface area contributed by atoms with Crippen molar-refractivity contribution in [3.8, 4) is 11.5 Å². The van der Waals surface area contributed by atoms with Crippen LogP contribution in [-0.4, -0.2) is 41.2 Å². The van der Waals surface area contributed by atoms with Crippen LogP contribution in [-0.2, 0) is 4.74 Å². The molecule has 0 radical (unpaired) electrons. The maximum atomic E-state index is 12.6. The molecular formula is C23H22N2O6. The number of ether oxygens (including phenoxy) is 2. The number of nitrogens with zero attached hydrogens (tertiary/aromatic N) is 1. The number of para-hydroxylation sites is 1. The molecular weight excluding hydrogens is 400 g/mol. The number of carbonyl (C=O) groups excluding carboxylic acids is 3. The van der Waals surface area contributed by atoms with Gasteiger partial charge in [-0.1, -0.05) is 24.3 Å². The summed E-state index contributed by atoms with van der Waals surface area (Å²) in [6.45, 7) is 2.91. The van der Waals surface area contributed by atoms with E-state index in [9.17, 15) is 19.5 Å². The molecule has 1 aromatic heterocycles. The molecule has 0 saturated heterocycles. The molecule has 0 atom stereocenters. The van der Waals surface area contributed by atoms with Gasteiger partial charge in [-0.3, -0.25) is 19.7 Å². The molecule has 0 aliphatic carbocycles. The van der Waals surface area contributed by atoms with Gasteiger partial charge in [0.1, 0.15) is 5.56 Å². The second-order valence-corrected chi connectivity index (χ2v) is 6.78. The number of aromatic nitrogens is 1. The van der Waals surface area contributed by atoms with Gasteiger partial charge in [0.15, 0.2) is 18.1 Å². The Kier molecular flexibility index (Phi) is 6.40. The molecule has 0 bridgehead atoms. The number of benzene rings is 2. The smallest absolute Gasteiger partial charge is 0.342 e. The first-order valence-corrected chi connectivity index (χ1v) is 9.45. The molecule has 2 aromatic carbocycles. The minimum atomic E-state index is -0.851. The summed E-state index contributed by atoms with van der Waals surface area (Å²) in [7, 11) is 1.36. The van der Waals surface area contributed by atoms with Crippen LogP contribution >= 0.6 is 0 Å². The number of Topliss-reactive ketones (excluding diaryl/α,β-unsaturated/α-hetero) is 1. The fourth-order valence-electron chi connectivity index (χ4n) is 3.11. The highest BCUT2D eigenvalue weighted by Crippen LogP contribution is 2.29. The van der Waals surface area contributed by atoms with Gasteiger partial charge in [0, 0.05) is 22.5 Å². The second-order valence-electron chi connectivity index (χ2n) is 6.78. The van der Waals surface area contributed by atoms with E-state index in [4.69, 9.17) is 9.47 Å². The van der Waals surface area contributed by atoms with Crippen LogP contribution in [0.1, 0.15) is 42.5 Å². The minimum Gasteiger partial charge on any atom is -0.504 e. The van der Waals surface area contributed by atoms with Crippen LogP contribution in [0.25, 0.3) is 0 Å². The summed E-state index contributed by atoms with van der Waals surface area (Å²) in [5, 5.41) is 10.0. The number of hydrogen-bond acceptors (Lipinski definition) is 6. The second kappa shape index (κ2) is 9.17. The van der Waals surface area contributed by atoms with Gasteiger partial charge in [0.05, 0.1) is 7.11 Å². The predicted molar refractivity (Wildman–Crippen MR) is 113 cm³/mol. The third-order valence-corrected chi connectivity index (χ3v) is 4.75. The first kappa shape index (κ1) is 21.6. The number of rotatable bonds is 7. The summed E-state index contributed by atoms with van der Waals surface area (Å²) < 4.78 is 11.6. The van der Waals surface area contributed by atoms with E-state index in [2.05, 4.69) is 5.43 Å². The van der Waals surface area contributed by atoms with Gasteiger partial charge in [0.25, 0.3) is 5.91 Å². The number of methoxy groups -OCH3 is 1. The van der Waals surface area contributed by atoms with Crippen molar-refractivity contribution in [3.63, 3.8) is 0 Å². The van der Waals surface area contributed by atoms with Crippen LogP contribution in [0.15, 0.2) is 54.6 Å². The summed E-state index contributed by atoms with van der Waals surface area (Å²) in [4.78, 5) is 37.4. The van der Waals surface area contributed by atoms with Crippen molar-refractivity contribution in [2.45, 2.75) is 13.8 Å². The first-order valence-electron chi connectivity index (χ1n) is 9.45. The normalized spacial score (nSPS) is 10.4. The molecule has 0 aliphatic rings. The molecule has 0 fully saturated rings. The van der Waals surface area contributed by atoms with E-state index < -0.39 is 18.4 Å². The Bertz CT molecular complexity index is 1130. The van der Waals surface area contributed by atoms with Crippen LogP contribution in [0.3, 0.4) is 0 Å². The zero-order chi connectivity index (χ0) is 22.5. The SMILES string of the molecule is COc1cccc(C(=O)OCC(=O)c2cc(C)n(NC(=O)c3ccccc3)c2C)c1O. The Hall–Kier alpha value is -4.07. The zero-order valence-electron chi connectivity index (χ0n) is 17.3. The summed E-state index contributed by atoms with van der Waals surface area (Å²) in [6.07, 6.45) is 0. The summed E-state index contributed by atoms with van der Waals surface area (Å²) in [6, 6.07) is 14.7. The maximum Gasteiger partial charge on any atom is 0.342 e. The molecule has 3 aromatic rings. The topological polar surface area (TPSA) is 107 Å². The monoisotopic (exact) mass is 422 g/mol. The molecule has 0 spiro atoms. The third kappa shape index (κ3) is 4.58. The highest BCUT2D eigenvalue weighted by Gasteiger charge is 2.21. The summed E-state index contributed by atoms with van der Waals surface area (Å²) >= 11 is 0. The molecule has 160 valence electrons. The lowest BCUT2D eigenvalue weighted by Crippen LogP contribution is -2.25. The van der Waals surface area contributed by atoms with Crippen LogP contribution in [0.5, 0.6) is 11.5 Å². The average molecular weight is 422 g/mol. The molecule has 1 heterocycles. The Morgan fingerprint density at radius 2 is 1.71 bits per heavy atom. The highest BCUT2D eigenvalue weighted by molar-refractivity contribution is 6.02. The molecule has 2 N–H and O–H groups in total. The van der Waals surface area contributed by atoms with Gasteiger partial charge in [-0.15, -0.1) is 0 Å². The number of phenolic OH excluding ortho intramolecular Hbond substituents is 1. The Morgan fingerprint density at radius 3 is 2.39 bits per heavy atom. The molecule has 3 rings (SSSR count). The van der Waals surface area contributed by atoms with E-state index in [1.807, 2.05) is 6.07 Å². The van der Waals surface area contributed by atoms with Gasteiger partial charge in [-0.05, 0) is 44.2 Å². The number of phenols is 1. The average Bonchev–Trinajstić information content (AvgIpc) is 3.06. The van der Waals surface area contributed by atoms with E-state index in [0.717, 1.165) is 0 Å². The van der Waals surface area contributed by atoms with E-state index in [1.54, 1.807) is 44.2 Å². The van der Waals surface area contributed by atoms with Crippen molar-refractivity contribution >= 4 is 17.7 Å². The lowest BCUT2D eigenvalue weighted by atomic mass is 10.1. The highest BCUT2D eigenvalue weighted by atomic mass is 16.5. The van der Waals surface area contributed by atoms with Gasteiger partial charge in [-0.2, -0.15) is 0 Å². The number of hydrogen-bond donors (Lipinski definition) is 2. The van der Waals surface area contributed by atoms with Crippen molar-refractivity contribution in [1.82, 2.24) is 4.68 Å². The maximum absolute atomic E-state index is 12.6. The minimum absolute atomic E-state index is 0.104. The number of esters is 1. The molecule has 8 nitrogen and oxygen atoms in total. The van der Waals surface area contributed by atoms with Crippen molar-refractivity contribution < 1.29 is 29.0 Å². The van der Waals surface area contributed by atoms with Crippen LogP contribution < -0.4 is 10.2 Å². The quantitative estimate of drug-likeness (QED) is 0.447. The van der Waals surface area contributed by atoms with Crippen LogP contribution in [0.2, 0.25) is 0 Å². The fraction of sp³-hybridized carbons (Fsp3) is 0.174. The Balaban J connectivity index is 1.71. The van der Waals surface area contributed by atoms with Gasteiger partial charge in [-0.25, -0.2) is 4.79 Å². The van der Waals surface area contributed by atoms with E-state index in [-0.39, 0.29) is 23.0 Å². The van der Waals surface area contributed by atoms with Gasteiger partial charge < -0.3 is 14.6 Å². The number of aromatic hydroxyl groups is 1. The van der Waals surface area contributed by atoms with Gasteiger partial charge >= 0.3 is 5.97 Å². The van der Waals surface area contributed by atoms with Crippen LogP contribution in [0.4, 0.5) is 0 Å². The lowest BCUT2D eigenvalue weighted by Gasteiger charge is -2.12. The summed E-state index contributed by atoms with van der Waals surface area (Å²) in [5.74, 6) is -1.84. The van der Waals surface area contributed by atoms with E-state index in [1.165, 1.54) is 30.0 Å². The molecule has 0 aliphatic heterocycles. The number of amides is 1. The lowest BCUT2D eigenvalue weighted by molar-refractivity contribution is 0.0471. The number of carbonyl (C=O) groups is 3. The van der Waals surface area contributed by atoms with Crippen molar-refractivity contribution in [2.75, 3.05) is 19.1 Å². The standard InChI is InChI=1S/C23H22N2O6/c1-14-12-18(15(2)25(14)24-22(28)16-8-5-4-6-9-16)19(26)13-31-23(29)17-10-7-11-20(30-3)21(17)27/h4-12,27H,13H2,1-3H3,(H,24,28). The van der Waals surface area contributed by atoms with Gasteiger partial charge in [0.2, 0.25) is 5.78 Å². The number of nitrogens with one attached hydrogen (secondary N) is 1. The number of ketones is 1. The molecule has 0 saturated carbocycles. The van der Waals surface area contributed by atoms with E-state index in [0.29, 0.717) is 22.5 Å². The van der Waals surface area contributed by atoms with Crippen molar-refractivity contribution in [1.29, 1.82) is 0 Å². The third-order valence-electron chi connectivity index (χ3n) is 4.75. The van der Waals surface area contributed by atoms with Crippen molar-refractivity contribution in [3.05, 3.63) is 82.7 Å². The predicted octanol–water partition coefficient (Wildman–Crippen LogP) is 3.24.